The zero-order valence-electron chi connectivity index (χ0n) is 14.0. The first-order valence-corrected chi connectivity index (χ1v) is 8.77. The van der Waals surface area contributed by atoms with E-state index in [0.29, 0.717) is 0 Å². The molecule has 0 N–H and O–H groups in total. The summed E-state index contributed by atoms with van der Waals surface area (Å²) in [5, 5.41) is 1.11. The van der Waals surface area contributed by atoms with Crippen molar-refractivity contribution in [3.05, 3.63) is 59.8 Å². The molecule has 3 heterocycles. The molecular formula is C21H19N3O. The first-order chi connectivity index (χ1) is 12.4. The molecule has 0 saturated carbocycles. The second-order valence-electron chi connectivity index (χ2n) is 6.49. The number of morpholine rings is 1. The Morgan fingerprint density at radius 2 is 1.96 bits per heavy atom. The fraction of sp³-hybridized carbons (Fsp3) is 0.238. The normalized spacial score (nSPS) is 16.4. The van der Waals surface area contributed by atoms with E-state index in [0.717, 1.165) is 55.1 Å². The van der Waals surface area contributed by atoms with Gasteiger partial charge in [0.25, 0.3) is 0 Å². The highest BCUT2D eigenvalue weighted by Gasteiger charge is 2.19. The summed E-state index contributed by atoms with van der Waals surface area (Å²) in [4.78, 5) is 12.0. The molecule has 25 heavy (non-hydrogen) atoms. The molecule has 1 aliphatic carbocycles. The number of rotatable bonds is 2. The SMILES string of the molecule is C1=Cc2c(cccc2-c2cc3ncccc3c(N3CCOCC3)n2)C1. The average Bonchev–Trinajstić information content (AvgIpc) is 3.16. The number of benzene rings is 1. The van der Waals surface area contributed by atoms with Crippen molar-refractivity contribution < 1.29 is 4.74 Å². The molecule has 1 aliphatic heterocycles. The van der Waals surface area contributed by atoms with Crippen LogP contribution in [-0.2, 0) is 11.2 Å². The number of pyridine rings is 2. The van der Waals surface area contributed by atoms with Crippen LogP contribution in [0.1, 0.15) is 11.1 Å². The van der Waals surface area contributed by atoms with Gasteiger partial charge in [0.05, 0.1) is 24.4 Å². The second-order valence-corrected chi connectivity index (χ2v) is 6.49. The average molecular weight is 329 g/mol. The van der Waals surface area contributed by atoms with Crippen LogP contribution < -0.4 is 4.90 Å². The Balaban J connectivity index is 1.72. The van der Waals surface area contributed by atoms with Gasteiger partial charge < -0.3 is 9.64 Å². The van der Waals surface area contributed by atoms with E-state index in [1.54, 1.807) is 0 Å². The first-order valence-electron chi connectivity index (χ1n) is 8.77. The third-order valence-electron chi connectivity index (χ3n) is 4.98. The highest BCUT2D eigenvalue weighted by Crippen LogP contribution is 2.34. The highest BCUT2D eigenvalue weighted by molar-refractivity contribution is 5.93. The Kier molecular flexibility index (Phi) is 3.49. The minimum atomic E-state index is 0.747. The van der Waals surface area contributed by atoms with Gasteiger partial charge in [-0.2, -0.15) is 0 Å². The van der Waals surface area contributed by atoms with E-state index < -0.39 is 0 Å². The summed E-state index contributed by atoms with van der Waals surface area (Å²) in [6.07, 6.45) is 7.29. The lowest BCUT2D eigenvalue weighted by atomic mass is 10.00. The van der Waals surface area contributed by atoms with Gasteiger partial charge in [0.1, 0.15) is 5.82 Å². The Labute approximate surface area is 146 Å². The molecular weight excluding hydrogens is 310 g/mol. The van der Waals surface area contributed by atoms with E-state index in [1.165, 1.54) is 16.7 Å². The van der Waals surface area contributed by atoms with Crippen LogP contribution in [0.15, 0.2) is 48.7 Å². The summed E-state index contributed by atoms with van der Waals surface area (Å²) < 4.78 is 5.51. The van der Waals surface area contributed by atoms with Gasteiger partial charge in [-0.25, -0.2) is 4.98 Å². The summed E-state index contributed by atoms with van der Waals surface area (Å²) in [7, 11) is 0. The number of nitrogens with zero attached hydrogens (tertiary/aromatic N) is 3. The predicted octanol–water partition coefficient (Wildman–Crippen LogP) is 3.70. The van der Waals surface area contributed by atoms with Gasteiger partial charge in [0, 0.05) is 30.2 Å². The first kappa shape index (κ1) is 14.6. The molecule has 2 aliphatic rings. The van der Waals surface area contributed by atoms with Gasteiger partial charge in [-0.15, -0.1) is 0 Å². The molecule has 0 bridgehead atoms. The van der Waals surface area contributed by atoms with Crippen molar-refractivity contribution in [1.29, 1.82) is 0 Å². The van der Waals surface area contributed by atoms with Gasteiger partial charge in [0.15, 0.2) is 0 Å². The molecule has 0 amide bonds. The maximum absolute atomic E-state index is 5.51. The summed E-state index contributed by atoms with van der Waals surface area (Å²) in [5.74, 6) is 1.02. The summed E-state index contributed by atoms with van der Waals surface area (Å²) in [6.45, 7) is 3.23. The lowest BCUT2D eigenvalue weighted by molar-refractivity contribution is 0.122. The van der Waals surface area contributed by atoms with Crippen LogP contribution in [-0.4, -0.2) is 36.3 Å². The lowest BCUT2D eigenvalue weighted by Gasteiger charge is -2.29. The third kappa shape index (κ3) is 2.50. The Morgan fingerprint density at radius 3 is 2.88 bits per heavy atom. The Morgan fingerprint density at radius 1 is 1.04 bits per heavy atom. The molecule has 0 unspecified atom stereocenters. The molecule has 2 aromatic heterocycles. The van der Waals surface area contributed by atoms with Crippen LogP contribution >= 0.6 is 0 Å². The molecule has 1 aromatic carbocycles. The van der Waals surface area contributed by atoms with Gasteiger partial charge in [-0.05, 0) is 35.7 Å². The van der Waals surface area contributed by atoms with Gasteiger partial charge in [-0.3, -0.25) is 4.98 Å². The summed E-state index contributed by atoms with van der Waals surface area (Å²) >= 11 is 0. The van der Waals surface area contributed by atoms with E-state index in [4.69, 9.17) is 9.72 Å². The van der Waals surface area contributed by atoms with Crippen molar-refractivity contribution in [3.8, 4) is 11.3 Å². The molecule has 0 spiro atoms. The highest BCUT2D eigenvalue weighted by atomic mass is 16.5. The molecule has 124 valence electrons. The van der Waals surface area contributed by atoms with Crippen LogP contribution in [0.25, 0.3) is 28.2 Å². The van der Waals surface area contributed by atoms with Crippen LogP contribution in [0.5, 0.6) is 0 Å². The van der Waals surface area contributed by atoms with Crippen molar-refractivity contribution >= 4 is 22.8 Å². The Bertz CT molecular complexity index is 974. The zero-order chi connectivity index (χ0) is 16.6. The number of hydrogen-bond donors (Lipinski definition) is 0. The predicted molar refractivity (Wildman–Crippen MR) is 101 cm³/mol. The Hall–Kier alpha value is -2.72. The molecule has 1 fully saturated rings. The van der Waals surface area contributed by atoms with Crippen molar-refractivity contribution in [2.75, 3.05) is 31.2 Å². The van der Waals surface area contributed by atoms with Crippen LogP contribution in [0.3, 0.4) is 0 Å². The third-order valence-corrected chi connectivity index (χ3v) is 4.98. The molecule has 1 saturated heterocycles. The van der Waals surface area contributed by atoms with E-state index in [1.807, 2.05) is 12.3 Å². The molecule has 3 aromatic rings. The number of allylic oxidation sites excluding steroid dienone is 1. The van der Waals surface area contributed by atoms with Crippen molar-refractivity contribution in [1.82, 2.24) is 9.97 Å². The van der Waals surface area contributed by atoms with Crippen LogP contribution in [0, 0.1) is 0 Å². The standard InChI is InChI=1S/C21H19N3O/c1-4-15-5-2-7-17(16(15)6-1)20-14-19-18(8-3-9-22-19)21(23-20)24-10-12-25-13-11-24/h1-3,5-9,14H,4,10-13H2. The van der Waals surface area contributed by atoms with Crippen molar-refractivity contribution in [2.24, 2.45) is 0 Å². The fourth-order valence-electron chi connectivity index (χ4n) is 3.73. The van der Waals surface area contributed by atoms with Gasteiger partial charge >= 0.3 is 0 Å². The van der Waals surface area contributed by atoms with Crippen molar-refractivity contribution in [3.63, 3.8) is 0 Å². The maximum atomic E-state index is 5.51. The number of aromatic nitrogens is 2. The lowest BCUT2D eigenvalue weighted by Crippen LogP contribution is -2.37. The van der Waals surface area contributed by atoms with E-state index in [9.17, 15) is 0 Å². The second kappa shape index (κ2) is 5.97. The molecule has 0 radical (unpaired) electrons. The quantitative estimate of drug-likeness (QED) is 0.718. The molecule has 4 heteroatoms. The van der Waals surface area contributed by atoms with Gasteiger partial charge in [-0.1, -0.05) is 30.4 Å². The largest absolute Gasteiger partial charge is 0.378 e. The van der Waals surface area contributed by atoms with E-state index in [2.05, 4.69) is 52.4 Å². The summed E-state index contributed by atoms with van der Waals surface area (Å²) in [6, 6.07) is 12.7. The molecule has 0 atom stereocenters. The number of fused-ring (bicyclic) bond motifs is 2. The maximum Gasteiger partial charge on any atom is 0.138 e. The monoisotopic (exact) mass is 329 g/mol. The summed E-state index contributed by atoms with van der Waals surface area (Å²) in [5.41, 5.74) is 5.84. The number of ether oxygens (including phenoxy) is 1. The van der Waals surface area contributed by atoms with E-state index >= 15 is 0 Å². The van der Waals surface area contributed by atoms with Gasteiger partial charge in [0.2, 0.25) is 0 Å². The minimum absolute atomic E-state index is 0.747. The van der Waals surface area contributed by atoms with Crippen molar-refractivity contribution in [2.45, 2.75) is 6.42 Å². The van der Waals surface area contributed by atoms with Crippen LogP contribution in [0.2, 0.25) is 0 Å². The topological polar surface area (TPSA) is 38.2 Å². The molecule has 4 nitrogen and oxygen atoms in total. The van der Waals surface area contributed by atoms with E-state index in [-0.39, 0.29) is 0 Å². The zero-order valence-corrected chi connectivity index (χ0v) is 14.0. The fourth-order valence-corrected chi connectivity index (χ4v) is 3.73. The molecule has 5 rings (SSSR count). The number of anilines is 1. The minimum Gasteiger partial charge on any atom is -0.378 e. The van der Waals surface area contributed by atoms with Crippen LogP contribution in [0.4, 0.5) is 5.82 Å². The smallest absolute Gasteiger partial charge is 0.138 e. The number of hydrogen-bond acceptors (Lipinski definition) is 4.